The third-order valence-electron chi connectivity index (χ3n) is 1.23. The van der Waals surface area contributed by atoms with Crippen molar-refractivity contribution in [3.05, 3.63) is 0 Å². The van der Waals surface area contributed by atoms with Gasteiger partial charge in [-0.05, 0) is 0 Å². The number of aliphatic hydroxyl groups is 2. The number of hydrogen-bond donors (Lipinski definition) is 2. The lowest BCUT2D eigenvalue weighted by molar-refractivity contribution is 0.0572. The summed E-state index contributed by atoms with van der Waals surface area (Å²) in [6, 6.07) is 0. The van der Waals surface area contributed by atoms with E-state index in [4.69, 9.17) is 10.2 Å². The van der Waals surface area contributed by atoms with Gasteiger partial charge in [0.05, 0.1) is 0 Å². The van der Waals surface area contributed by atoms with E-state index in [0.717, 1.165) is 0 Å². The normalized spacial score (nSPS) is 43.0. The van der Waals surface area contributed by atoms with E-state index < -0.39 is 20.0 Å². The average molecular weight is 135 g/mol. The Morgan fingerprint density at radius 1 is 1.25 bits per heavy atom. The molecule has 1 fully saturated rings. The highest BCUT2D eigenvalue weighted by Crippen LogP contribution is 2.31. The highest BCUT2D eigenvalue weighted by Gasteiger charge is 2.39. The van der Waals surface area contributed by atoms with E-state index >= 15 is 0 Å². The van der Waals surface area contributed by atoms with Crippen LogP contribution < -0.4 is 0 Å². The maximum atomic E-state index is 10.5. The van der Waals surface area contributed by atoms with Crippen LogP contribution in [0.1, 0.15) is 0 Å². The summed E-state index contributed by atoms with van der Waals surface area (Å²) in [4.78, 5) is 0. The molecule has 1 rings (SSSR count). The molecule has 1 heterocycles. The summed E-state index contributed by atoms with van der Waals surface area (Å²) in [5, 5.41) is 17.5. The molecule has 0 aromatic heterocycles. The second-order valence-corrected chi connectivity index (χ2v) is 3.68. The van der Waals surface area contributed by atoms with E-state index in [2.05, 4.69) is 0 Å². The highest BCUT2D eigenvalue weighted by molar-refractivity contribution is 7.45. The van der Waals surface area contributed by atoms with Crippen LogP contribution in [-0.2, 0) is 4.57 Å². The van der Waals surface area contributed by atoms with E-state index in [-0.39, 0.29) is 12.3 Å². The van der Waals surface area contributed by atoms with Crippen molar-refractivity contribution in [2.45, 2.75) is 12.2 Å². The van der Waals surface area contributed by atoms with Crippen LogP contribution in [0.5, 0.6) is 0 Å². The molecule has 0 spiro atoms. The van der Waals surface area contributed by atoms with Gasteiger partial charge in [0.1, 0.15) is 12.2 Å². The first-order chi connectivity index (χ1) is 3.70. The van der Waals surface area contributed by atoms with Crippen molar-refractivity contribution in [1.82, 2.24) is 0 Å². The zero-order chi connectivity index (χ0) is 6.15. The lowest BCUT2D eigenvalue weighted by Gasteiger charge is -1.97. The van der Waals surface area contributed by atoms with Gasteiger partial charge in [0.2, 0.25) is 0 Å². The Morgan fingerprint density at radius 3 is 1.75 bits per heavy atom. The molecule has 1 aliphatic rings. The van der Waals surface area contributed by atoms with Crippen LogP contribution in [0.25, 0.3) is 0 Å². The standard InChI is InChI=1S/C4H8O3P/c5-3-1-8(7)2-4(3)6/h3-6H,1-2H2/q+1. The van der Waals surface area contributed by atoms with E-state index in [0.29, 0.717) is 0 Å². The average Bonchev–Trinajstić information content (AvgIpc) is 1.85. The van der Waals surface area contributed by atoms with Crippen LogP contribution in [0.4, 0.5) is 0 Å². The van der Waals surface area contributed by atoms with Gasteiger partial charge in [0.15, 0.2) is 12.3 Å². The Labute approximate surface area is 48.1 Å². The molecule has 2 atom stereocenters. The minimum atomic E-state index is -1.29. The molecule has 3 nitrogen and oxygen atoms in total. The quantitative estimate of drug-likeness (QED) is 0.442. The second kappa shape index (κ2) is 2.09. The van der Waals surface area contributed by atoms with Gasteiger partial charge in [-0.25, -0.2) is 0 Å². The summed E-state index contributed by atoms with van der Waals surface area (Å²) in [6.45, 7) is 0. The summed E-state index contributed by atoms with van der Waals surface area (Å²) in [7, 11) is -1.29. The van der Waals surface area contributed by atoms with Crippen LogP contribution in [0.3, 0.4) is 0 Å². The Hall–Kier alpha value is 0.0200. The number of rotatable bonds is 0. The first kappa shape index (κ1) is 6.14. The maximum absolute atomic E-state index is 10.5. The van der Waals surface area contributed by atoms with Crippen LogP contribution in [0, 0.1) is 0 Å². The fourth-order valence-electron chi connectivity index (χ4n) is 0.735. The topological polar surface area (TPSA) is 57.5 Å². The number of hydrogen-bond acceptors (Lipinski definition) is 3. The molecule has 8 heavy (non-hydrogen) atoms. The van der Waals surface area contributed by atoms with E-state index in [1.54, 1.807) is 0 Å². The fourth-order valence-corrected chi connectivity index (χ4v) is 2.21. The largest absolute Gasteiger partial charge is 0.386 e. The summed E-state index contributed by atoms with van der Waals surface area (Å²) in [5.74, 6) is 0. The highest BCUT2D eigenvalue weighted by atomic mass is 31.1. The molecule has 0 aliphatic carbocycles. The van der Waals surface area contributed by atoms with Gasteiger partial charge in [0, 0.05) is 0 Å². The van der Waals surface area contributed by atoms with Gasteiger partial charge in [-0.1, -0.05) is 4.57 Å². The first-order valence-corrected chi connectivity index (χ1v) is 4.11. The van der Waals surface area contributed by atoms with Crippen LogP contribution in [0.15, 0.2) is 0 Å². The molecule has 0 saturated carbocycles. The summed E-state index contributed by atoms with van der Waals surface area (Å²) in [6.07, 6.45) is -0.926. The van der Waals surface area contributed by atoms with Crippen LogP contribution >= 0.6 is 7.80 Å². The molecule has 1 aliphatic heterocycles. The Kier molecular flexibility index (Phi) is 1.61. The van der Waals surface area contributed by atoms with Gasteiger partial charge >= 0.3 is 7.80 Å². The van der Waals surface area contributed by atoms with Gasteiger partial charge in [-0.3, -0.25) is 0 Å². The smallest absolute Gasteiger partial charge is 0.344 e. The summed E-state index contributed by atoms with van der Waals surface area (Å²) in [5.41, 5.74) is 0. The molecule has 0 aromatic rings. The minimum absolute atomic E-state index is 0.274. The molecular formula is C4H8O3P+. The van der Waals surface area contributed by atoms with Crippen LogP contribution in [0.2, 0.25) is 0 Å². The SMILES string of the molecule is O=[P+]1CC(O)C(O)C1. The first-order valence-electron chi connectivity index (χ1n) is 2.48. The molecule has 46 valence electrons. The van der Waals surface area contributed by atoms with E-state index in [1.807, 2.05) is 0 Å². The van der Waals surface area contributed by atoms with Gasteiger partial charge in [-0.2, -0.15) is 0 Å². The second-order valence-electron chi connectivity index (χ2n) is 1.98. The molecule has 0 aromatic carbocycles. The van der Waals surface area contributed by atoms with Crippen LogP contribution in [-0.4, -0.2) is 34.7 Å². The van der Waals surface area contributed by atoms with E-state index in [1.165, 1.54) is 0 Å². The van der Waals surface area contributed by atoms with Gasteiger partial charge in [-0.15, -0.1) is 0 Å². The van der Waals surface area contributed by atoms with Crippen molar-refractivity contribution in [2.75, 3.05) is 12.3 Å². The molecule has 4 heteroatoms. The monoisotopic (exact) mass is 135 g/mol. The fraction of sp³-hybridized carbons (Fsp3) is 1.00. The third kappa shape index (κ3) is 1.05. The van der Waals surface area contributed by atoms with Crippen molar-refractivity contribution >= 4 is 7.80 Å². The van der Waals surface area contributed by atoms with Crippen molar-refractivity contribution in [1.29, 1.82) is 0 Å². The summed E-state index contributed by atoms with van der Waals surface area (Å²) >= 11 is 0. The molecule has 0 bridgehead atoms. The number of aliphatic hydroxyl groups excluding tert-OH is 2. The minimum Gasteiger partial charge on any atom is -0.386 e. The zero-order valence-corrected chi connectivity index (χ0v) is 5.21. The molecule has 0 amide bonds. The predicted octanol–water partition coefficient (Wildman–Crippen LogP) is -0.451. The third-order valence-corrected chi connectivity index (χ3v) is 2.79. The Balaban J connectivity index is 2.51. The van der Waals surface area contributed by atoms with E-state index in [9.17, 15) is 4.57 Å². The molecule has 1 saturated heterocycles. The maximum Gasteiger partial charge on any atom is 0.344 e. The predicted molar refractivity (Wildman–Crippen MR) is 29.4 cm³/mol. The Morgan fingerprint density at radius 2 is 1.62 bits per heavy atom. The molecule has 2 N–H and O–H groups in total. The van der Waals surface area contributed by atoms with Crippen molar-refractivity contribution in [2.24, 2.45) is 0 Å². The van der Waals surface area contributed by atoms with Crippen molar-refractivity contribution in [3.8, 4) is 0 Å². The van der Waals surface area contributed by atoms with Gasteiger partial charge < -0.3 is 10.2 Å². The van der Waals surface area contributed by atoms with Crippen molar-refractivity contribution < 1.29 is 14.8 Å². The lowest BCUT2D eigenvalue weighted by Crippen LogP contribution is -2.22. The van der Waals surface area contributed by atoms with Gasteiger partial charge in [0.25, 0.3) is 0 Å². The molecule has 2 unspecified atom stereocenters. The van der Waals surface area contributed by atoms with Crippen molar-refractivity contribution in [3.63, 3.8) is 0 Å². The zero-order valence-electron chi connectivity index (χ0n) is 4.32. The Bertz CT molecular complexity index is 102. The molecule has 0 radical (unpaired) electrons. The molecular weight excluding hydrogens is 127 g/mol. The summed E-state index contributed by atoms with van der Waals surface area (Å²) < 4.78 is 10.5. The lowest BCUT2D eigenvalue weighted by atomic mass is 10.3.